The highest BCUT2D eigenvalue weighted by Crippen LogP contribution is 2.24. The van der Waals surface area contributed by atoms with Crippen molar-refractivity contribution >= 4 is 5.91 Å². The minimum Gasteiger partial charge on any atom is -0.508 e. The van der Waals surface area contributed by atoms with Gasteiger partial charge >= 0.3 is 0 Å². The Balaban J connectivity index is 2.50. The zero-order valence-corrected chi connectivity index (χ0v) is 10.9. The number of phenolic OH excluding ortho intramolecular Hbond substituents is 1. The molecular formula is C13H19FN2O2. The third-order valence-electron chi connectivity index (χ3n) is 2.75. The summed E-state index contributed by atoms with van der Waals surface area (Å²) in [7, 11) is 3.41. The van der Waals surface area contributed by atoms with Crippen LogP contribution in [0.1, 0.15) is 24.9 Å². The minimum absolute atomic E-state index is 0.0398. The molecule has 1 aromatic rings. The molecule has 4 nitrogen and oxygen atoms in total. The number of rotatable bonds is 5. The molecule has 0 saturated carbocycles. The highest BCUT2D eigenvalue weighted by molar-refractivity contribution is 5.75. The predicted octanol–water partition coefficient (Wildman–Crippen LogP) is 1.66. The molecule has 0 radical (unpaired) electrons. The minimum atomic E-state index is -0.466. The molecule has 0 saturated heterocycles. The monoisotopic (exact) mass is 254 g/mol. The second-order valence-corrected chi connectivity index (χ2v) is 4.42. The number of amides is 1. The van der Waals surface area contributed by atoms with Gasteiger partial charge in [-0.2, -0.15) is 0 Å². The maximum Gasteiger partial charge on any atom is 0.223 e. The summed E-state index contributed by atoms with van der Waals surface area (Å²) in [4.78, 5) is 12.9. The number of aromatic hydroxyl groups is 1. The Bertz CT molecular complexity index is 421. The van der Waals surface area contributed by atoms with Crippen molar-refractivity contribution in [2.24, 2.45) is 0 Å². The van der Waals surface area contributed by atoms with Crippen LogP contribution in [0.2, 0.25) is 0 Å². The fourth-order valence-electron chi connectivity index (χ4n) is 1.61. The van der Waals surface area contributed by atoms with Crippen molar-refractivity contribution in [1.29, 1.82) is 0 Å². The maximum atomic E-state index is 12.8. The van der Waals surface area contributed by atoms with Gasteiger partial charge in [0.25, 0.3) is 0 Å². The van der Waals surface area contributed by atoms with Crippen LogP contribution in [-0.2, 0) is 4.79 Å². The molecule has 1 unspecified atom stereocenters. The Hall–Kier alpha value is -1.62. The quantitative estimate of drug-likeness (QED) is 0.840. The Labute approximate surface area is 106 Å². The molecule has 0 aromatic heterocycles. The molecule has 1 aromatic carbocycles. The van der Waals surface area contributed by atoms with Crippen LogP contribution in [0, 0.1) is 5.82 Å². The first-order valence-electron chi connectivity index (χ1n) is 5.83. The lowest BCUT2D eigenvalue weighted by molar-refractivity contribution is -0.128. The van der Waals surface area contributed by atoms with E-state index in [0.29, 0.717) is 18.5 Å². The van der Waals surface area contributed by atoms with Gasteiger partial charge in [0, 0.05) is 44.7 Å². The number of carbonyl (C=O) groups excluding carboxylic acids is 1. The fourth-order valence-corrected chi connectivity index (χ4v) is 1.61. The number of nitrogens with one attached hydrogen (secondary N) is 1. The van der Waals surface area contributed by atoms with Crippen molar-refractivity contribution in [3.8, 4) is 5.75 Å². The van der Waals surface area contributed by atoms with E-state index in [1.54, 1.807) is 14.1 Å². The molecule has 0 aliphatic heterocycles. The van der Waals surface area contributed by atoms with Crippen molar-refractivity contribution in [2.45, 2.75) is 19.4 Å². The summed E-state index contributed by atoms with van der Waals surface area (Å²) in [5.74, 6) is -0.502. The maximum absolute atomic E-state index is 12.8. The SMILES string of the molecule is CC(NCCC(=O)N(C)C)c1ccc(F)cc1O. The van der Waals surface area contributed by atoms with E-state index in [4.69, 9.17) is 0 Å². The Kier molecular flexibility index (Phi) is 5.09. The molecule has 2 N–H and O–H groups in total. The third kappa shape index (κ3) is 4.00. The third-order valence-corrected chi connectivity index (χ3v) is 2.75. The molecule has 0 spiro atoms. The first-order chi connectivity index (χ1) is 8.41. The standard InChI is InChI=1S/C13H19FN2O2/c1-9(15-7-6-13(18)16(2)3)11-5-4-10(14)8-12(11)17/h4-5,8-9,15,17H,6-7H2,1-3H3. The lowest BCUT2D eigenvalue weighted by Crippen LogP contribution is -2.28. The van der Waals surface area contributed by atoms with Crippen LogP contribution in [0.3, 0.4) is 0 Å². The molecule has 0 fully saturated rings. The van der Waals surface area contributed by atoms with Crippen LogP contribution in [0.4, 0.5) is 4.39 Å². The van der Waals surface area contributed by atoms with Gasteiger partial charge in [-0.15, -0.1) is 0 Å². The van der Waals surface area contributed by atoms with Crippen LogP contribution in [0.5, 0.6) is 5.75 Å². The first kappa shape index (κ1) is 14.4. The van der Waals surface area contributed by atoms with Gasteiger partial charge in [-0.05, 0) is 13.0 Å². The molecule has 1 rings (SSSR count). The van der Waals surface area contributed by atoms with Gasteiger partial charge in [-0.1, -0.05) is 6.07 Å². The summed E-state index contributed by atoms with van der Waals surface area (Å²) in [5.41, 5.74) is 0.619. The zero-order chi connectivity index (χ0) is 13.7. The number of phenols is 1. The lowest BCUT2D eigenvalue weighted by Gasteiger charge is -2.16. The smallest absolute Gasteiger partial charge is 0.223 e. The van der Waals surface area contributed by atoms with E-state index < -0.39 is 5.82 Å². The molecule has 0 bridgehead atoms. The molecule has 0 aliphatic rings. The second-order valence-electron chi connectivity index (χ2n) is 4.42. The lowest BCUT2D eigenvalue weighted by atomic mass is 10.1. The highest BCUT2D eigenvalue weighted by Gasteiger charge is 2.11. The second kappa shape index (κ2) is 6.35. The van der Waals surface area contributed by atoms with Crippen LogP contribution in [0.15, 0.2) is 18.2 Å². The summed E-state index contributed by atoms with van der Waals surface area (Å²) in [5, 5.41) is 12.7. The topological polar surface area (TPSA) is 52.6 Å². The summed E-state index contributed by atoms with van der Waals surface area (Å²) in [6.45, 7) is 2.36. The van der Waals surface area contributed by atoms with E-state index in [9.17, 15) is 14.3 Å². The van der Waals surface area contributed by atoms with Crippen molar-refractivity contribution < 1.29 is 14.3 Å². The van der Waals surface area contributed by atoms with Crippen molar-refractivity contribution in [1.82, 2.24) is 10.2 Å². The number of hydrogen-bond donors (Lipinski definition) is 2. The molecule has 5 heteroatoms. The summed E-state index contributed by atoms with van der Waals surface area (Å²) >= 11 is 0. The first-order valence-corrected chi connectivity index (χ1v) is 5.83. The number of carbonyl (C=O) groups is 1. The highest BCUT2D eigenvalue weighted by atomic mass is 19.1. The molecule has 18 heavy (non-hydrogen) atoms. The van der Waals surface area contributed by atoms with Crippen molar-refractivity contribution in [3.63, 3.8) is 0 Å². The zero-order valence-electron chi connectivity index (χ0n) is 10.9. The van der Waals surface area contributed by atoms with Crippen LogP contribution in [-0.4, -0.2) is 36.6 Å². The number of halogens is 1. The van der Waals surface area contributed by atoms with Gasteiger partial charge in [0.1, 0.15) is 11.6 Å². The number of hydrogen-bond acceptors (Lipinski definition) is 3. The van der Waals surface area contributed by atoms with Crippen molar-refractivity contribution in [3.05, 3.63) is 29.6 Å². The Morgan fingerprint density at radius 3 is 2.72 bits per heavy atom. The van der Waals surface area contributed by atoms with E-state index in [2.05, 4.69) is 5.32 Å². The molecular weight excluding hydrogens is 235 g/mol. The summed E-state index contributed by atoms with van der Waals surface area (Å²) in [6, 6.07) is 3.79. The van der Waals surface area contributed by atoms with Gasteiger partial charge in [0.05, 0.1) is 0 Å². The van der Waals surface area contributed by atoms with Crippen LogP contribution >= 0.6 is 0 Å². The van der Waals surface area contributed by atoms with Gasteiger partial charge in [0.2, 0.25) is 5.91 Å². The van der Waals surface area contributed by atoms with E-state index in [1.165, 1.54) is 17.0 Å². The molecule has 100 valence electrons. The van der Waals surface area contributed by atoms with Crippen LogP contribution < -0.4 is 5.32 Å². The average Bonchev–Trinajstić information content (AvgIpc) is 2.28. The van der Waals surface area contributed by atoms with Gasteiger partial charge in [-0.3, -0.25) is 4.79 Å². The summed E-state index contributed by atoms with van der Waals surface area (Å²) in [6.07, 6.45) is 0.388. The van der Waals surface area contributed by atoms with E-state index in [1.807, 2.05) is 6.92 Å². The number of nitrogens with zero attached hydrogens (tertiary/aromatic N) is 1. The number of benzene rings is 1. The van der Waals surface area contributed by atoms with E-state index in [0.717, 1.165) is 6.07 Å². The summed E-state index contributed by atoms with van der Waals surface area (Å²) < 4.78 is 12.8. The predicted molar refractivity (Wildman–Crippen MR) is 67.8 cm³/mol. The van der Waals surface area contributed by atoms with Crippen molar-refractivity contribution in [2.75, 3.05) is 20.6 Å². The largest absolute Gasteiger partial charge is 0.508 e. The van der Waals surface area contributed by atoms with E-state index in [-0.39, 0.29) is 17.7 Å². The molecule has 0 aliphatic carbocycles. The normalized spacial score (nSPS) is 12.2. The van der Waals surface area contributed by atoms with E-state index >= 15 is 0 Å². The van der Waals surface area contributed by atoms with Crippen LogP contribution in [0.25, 0.3) is 0 Å². The molecule has 0 heterocycles. The average molecular weight is 254 g/mol. The Morgan fingerprint density at radius 1 is 1.50 bits per heavy atom. The fraction of sp³-hybridized carbons (Fsp3) is 0.462. The molecule has 1 amide bonds. The van der Waals surface area contributed by atoms with Gasteiger partial charge in [-0.25, -0.2) is 4.39 Å². The van der Waals surface area contributed by atoms with Gasteiger partial charge < -0.3 is 15.3 Å². The van der Waals surface area contributed by atoms with Gasteiger partial charge in [0.15, 0.2) is 0 Å². The Morgan fingerprint density at radius 2 is 2.17 bits per heavy atom. The molecule has 1 atom stereocenters.